The summed E-state index contributed by atoms with van der Waals surface area (Å²) in [6.45, 7) is 0. The maximum absolute atomic E-state index is 13.9. The molecule has 0 fully saturated rings. The monoisotopic (exact) mass is 483 g/mol. The smallest absolute Gasteiger partial charge is 0.242 e. The van der Waals surface area contributed by atoms with E-state index in [4.69, 9.17) is 4.74 Å². The standard InChI is InChI=1S/C26H17N3O3S2/c27-13-25(14-28)16(21-7-3-9-33-21)11-20-23(18(30)12-19(32-20)22-8-4-10-34-22)26(25)15-5-1-2-6-17(15)29-24(26)31/h1-10,16,19H,11-12H2,(H,29,31)/t16-,19+,26-/m1/s1. The van der Waals surface area contributed by atoms with E-state index < -0.39 is 28.8 Å². The molecule has 3 atom stereocenters. The fourth-order valence-corrected chi connectivity index (χ4v) is 7.40. The highest BCUT2D eigenvalue weighted by molar-refractivity contribution is 7.10. The van der Waals surface area contributed by atoms with Gasteiger partial charge in [-0.05, 0) is 34.5 Å². The number of ketones is 1. The van der Waals surface area contributed by atoms with Gasteiger partial charge in [-0.2, -0.15) is 10.5 Å². The van der Waals surface area contributed by atoms with Crippen molar-refractivity contribution in [1.82, 2.24) is 0 Å². The largest absolute Gasteiger partial charge is 0.488 e. The summed E-state index contributed by atoms with van der Waals surface area (Å²) in [7, 11) is 0. The summed E-state index contributed by atoms with van der Waals surface area (Å²) in [6, 6.07) is 19.1. The predicted octanol–water partition coefficient (Wildman–Crippen LogP) is 5.21. The van der Waals surface area contributed by atoms with Gasteiger partial charge in [-0.1, -0.05) is 30.3 Å². The lowest BCUT2D eigenvalue weighted by molar-refractivity contribution is -0.129. The Balaban J connectivity index is 1.68. The van der Waals surface area contributed by atoms with E-state index >= 15 is 0 Å². The van der Waals surface area contributed by atoms with Crippen LogP contribution in [0.25, 0.3) is 0 Å². The lowest BCUT2D eigenvalue weighted by Gasteiger charge is -2.49. The zero-order valence-electron chi connectivity index (χ0n) is 17.8. The second-order valence-corrected chi connectivity index (χ2v) is 10.6. The Hall–Kier alpha value is -3.72. The van der Waals surface area contributed by atoms with E-state index in [1.807, 2.05) is 35.0 Å². The van der Waals surface area contributed by atoms with Gasteiger partial charge in [-0.15, -0.1) is 22.7 Å². The highest BCUT2D eigenvalue weighted by Gasteiger charge is 2.72. The van der Waals surface area contributed by atoms with Crippen LogP contribution in [0, 0.1) is 28.1 Å². The third-order valence-corrected chi connectivity index (χ3v) is 9.06. The Morgan fingerprint density at radius 1 is 0.941 bits per heavy atom. The Bertz CT molecular complexity index is 1430. The van der Waals surface area contributed by atoms with Crippen LogP contribution in [0.1, 0.15) is 40.2 Å². The minimum Gasteiger partial charge on any atom is -0.488 e. The van der Waals surface area contributed by atoms with Crippen molar-refractivity contribution in [3.05, 3.63) is 85.9 Å². The first kappa shape index (κ1) is 20.9. The van der Waals surface area contributed by atoms with Gasteiger partial charge in [0.2, 0.25) is 5.91 Å². The molecule has 2 aliphatic heterocycles. The lowest BCUT2D eigenvalue weighted by Crippen LogP contribution is -2.58. The van der Waals surface area contributed by atoms with Crippen molar-refractivity contribution in [2.45, 2.75) is 30.3 Å². The van der Waals surface area contributed by atoms with Crippen LogP contribution in [0.15, 0.2) is 70.6 Å². The van der Waals surface area contributed by atoms with E-state index in [-0.39, 0.29) is 24.2 Å². The molecule has 0 saturated heterocycles. The first-order chi connectivity index (χ1) is 16.6. The van der Waals surface area contributed by atoms with Crippen LogP contribution < -0.4 is 5.32 Å². The van der Waals surface area contributed by atoms with Gasteiger partial charge in [0.25, 0.3) is 0 Å². The Morgan fingerprint density at radius 2 is 1.65 bits per heavy atom. The summed E-state index contributed by atoms with van der Waals surface area (Å²) in [5, 5.41) is 28.0. The van der Waals surface area contributed by atoms with Crippen LogP contribution in [0.2, 0.25) is 0 Å². The van der Waals surface area contributed by atoms with Crippen LogP contribution in [0.3, 0.4) is 0 Å². The number of thiophene rings is 2. The minimum atomic E-state index is -1.83. The minimum absolute atomic E-state index is 0.0488. The van der Waals surface area contributed by atoms with Gasteiger partial charge in [-0.25, -0.2) is 0 Å². The highest BCUT2D eigenvalue weighted by atomic mass is 32.1. The number of rotatable bonds is 2. The van der Waals surface area contributed by atoms with Gasteiger partial charge in [0.05, 0.1) is 24.1 Å². The number of hydrogen-bond acceptors (Lipinski definition) is 7. The fourth-order valence-electron chi connectivity index (χ4n) is 5.75. The number of nitriles is 2. The lowest BCUT2D eigenvalue weighted by atomic mass is 9.48. The maximum atomic E-state index is 13.9. The van der Waals surface area contributed by atoms with Crippen LogP contribution in [0.5, 0.6) is 0 Å². The molecule has 34 heavy (non-hydrogen) atoms. The molecule has 1 aliphatic carbocycles. The van der Waals surface area contributed by atoms with Crippen molar-refractivity contribution in [3.8, 4) is 12.1 Å². The zero-order valence-corrected chi connectivity index (χ0v) is 19.4. The molecule has 166 valence electrons. The number of amides is 1. The number of ether oxygens (including phenoxy) is 1. The number of anilines is 1. The number of nitrogens with one attached hydrogen (secondary N) is 1. The molecule has 1 N–H and O–H groups in total. The number of hydrogen-bond donors (Lipinski definition) is 1. The molecule has 4 heterocycles. The molecular formula is C26H17N3O3S2. The topological polar surface area (TPSA) is 103 Å². The molecular weight excluding hydrogens is 466 g/mol. The van der Waals surface area contributed by atoms with Crippen molar-refractivity contribution in [3.63, 3.8) is 0 Å². The molecule has 0 saturated carbocycles. The molecule has 1 aromatic carbocycles. The third-order valence-electron chi connectivity index (χ3n) is 7.11. The SMILES string of the molecule is N#CC1(C#N)[C@@H](c2cccs2)CC2=C(C(=O)C[C@@H](c3cccs3)O2)[C@]12C(=O)Nc1ccccc12. The quantitative estimate of drug-likeness (QED) is 0.539. The van der Waals surface area contributed by atoms with E-state index in [9.17, 15) is 20.1 Å². The Kier molecular flexibility index (Phi) is 4.54. The summed E-state index contributed by atoms with van der Waals surface area (Å²) < 4.78 is 6.44. The molecule has 6 rings (SSSR count). The summed E-state index contributed by atoms with van der Waals surface area (Å²) >= 11 is 2.94. The van der Waals surface area contributed by atoms with Gasteiger partial charge < -0.3 is 10.1 Å². The fraction of sp³-hybridized carbons (Fsp3) is 0.231. The number of nitrogens with zero attached hydrogens (tertiary/aromatic N) is 2. The number of carbonyl (C=O) groups excluding carboxylic acids is 2. The van der Waals surface area contributed by atoms with Gasteiger partial charge >= 0.3 is 0 Å². The maximum Gasteiger partial charge on any atom is 0.242 e. The molecule has 6 nitrogen and oxygen atoms in total. The summed E-state index contributed by atoms with van der Waals surface area (Å²) in [4.78, 5) is 29.5. The van der Waals surface area contributed by atoms with Crippen LogP contribution in [0.4, 0.5) is 5.69 Å². The highest BCUT2D eigenvalue weighted by Crippen LogP contribution is 2.65. The zero-order chi connectivity index (χ0) is 23.5. The van der Waals surface area contributed by atoms with Crippen LogP contribution in [-0.4, -0.2) is 11.7 Å². The van der Waals surface area contributed by atoms with Crippen LogP contribution >= 0.6 is 22.7 Å². The average Bonchev–Trinajstić information content (AvgIpc) is 3.61. The molecule has 0 bridgehead atoms. The number of benzene rings is 1. The summed E-state index contributed by atoms with van der Waals surface area (Å²) in [5.74, 6) is -1.03. The van der Waals surface area contributed by atoms with E-state index in [1.54, 1.807) is 24.3 Å². The van der Waals surface area contributed by atoms with Gasteiger partial charge in [0.1, 0.15) is 17.3 Å². The van der Waals surface area contributed by atoms with Gasteiger partial charge in [0, 0.05) is 27.8 Å². The second-order valence-electron chi connectivity index (χ2n) is 8.60. The van der Waals surface area contributed by atoms with Gasteiger partial charge in [0.15, 0.2) is 11.2 Å². The second kappa shape index (κ2) is 7.39. The third kappa shape index (κ3) is 2.47. The number of allylic oxidation sites excluding steroid dienone is 1. The van der Waals surface area contributed by atoms with E-state index in [1.165, 1.54) is 22.7 Å². The first-order valence-corrected chi connectivity index (χ1v) is 12.6. The number of para-hydroxylation sites is 1. The molecule has 8 heteroatoms. The molecule has 1 amide bonds. The Morgan fingerprint density at radius 3 is 2.32 bits per heavy atom. The predicted molar refractivity (Wildman–Crippen MR) is 127 cm³/mol. The van der Waals surface area contributed by atoms with E-state index in [2.05, 4.69) is 17.5 Å². The average molecular weight is 484 g/mol. The molecule has 2 aromatic heterocycles. The number of fused-ring (bicyclic) bond motifs is 3. The van der Waals surface area contributed by atoms with Crippen molar-refractivity contribution in [2.24, 2.45) is 5.41 Å². The first-order valence-electron chi connectivity index (χ1n) is 10.8. The van der Waals surface area contributed by atoms with E-state index in [0.717, 1.165) is 9.75 Å². The van der Waals surface area contributed by atoms with Crippen molar-refractivity contribution < 1.29 is 14.3 Å². The van der Waals surface area contributed by atoms with E-state index in [0.29, 0.717) is 17.0 Å². The van der Waals surface area contributed by atoms with Gasteiger partial charge in [-0.3, -0.25) is 9.59 Å². The molecule has 0 unspecified atom stereocenters. The molecule has 3 aliphatic rings. The van der Waals surface area contributed by atoms with Crippen LogP contribution in [-0.2, 0) is 19.7 Å². The Labute approximate surface area is 203 Å². The number of carbonyl (C=O) groups is 2. The summed E-state index contributed by atoms with van der Waals surface area (Å²) in [5.41, 5.74) is -2.48. The molecule has 1 spiro atoms. The molecule has 3 aromatic rings. The normalized spacial score (nSPS) is 26.8. The van der Waals surface area contributed by atoms with Crippen molar-refractivity contribution in [2.75, 3.05) is 5.32 Å². The van der Waals surface area contributed by atoms with Crippen molar-refractivity contribution >= 4 is 40.1 Å². The van der Waals surface area contributed by atoms with Crippen molar-refractivity contribution in [1.29, 1.82) is 10.5 Å². The molecule has 0 radical (unpaired) electrons. The summed E-state index contributed by atoms with van der Waals surface area (Å²) in [6.07, 6.45) is -0.210. The number of Topliss-reactive ketones (excluding diaryl/α,β-unsaturated/α-hetero) is 1.